The lowest BCUT2D eigenvalue weighted by molar-refractivity contribution is -0.125. The number of carbonyl (C=O) groups is 1. The minimum Gasteiger partial charge on any atom is -0.492 e. The highest BCUT2D eigenvalue weighted by atomic mass is 19.1. The van der Waals surface area contributed by atoms with Gasteiger partial charge in [-0.05, 0) is 68.3 Å². The van der Waals surface area contributed by atoms with E-state index in [0.717, 1.165) is 36.5 Å². The summed E-state index contributed by atoms with van der Waals surface area (Å²) in [6.45, 7) is 4.38. The van der Waals surface area contributed by atoms with E-state index in [1.165, 1.54) is 17.7 Å². The number of carbonyl (C=O) groups excluding carboxylic acids is 1. The number of ether oxygens (including phenoxy) is 1. The van der Waals surface area contributed by atoms with Crippen molar-refractivity contribution in [3.8, 4) is 17.0 Å². The molecule has 2 aromatic carbocycles. The summed E-state index contributed by atoms with van der Waals surface area (Å²) in [7, 11) is 0. The number of amides is 1. The molecule has 1 unspecified atom stereocenters. The van der Waals surface area contributed by atoms with Gasteiger partial charge in [0.1, 0.15) is 18.2 Å². The molecule has 1 atom stereocenters. The highest BCUT2D eigenvalue weighted by Crippen LogP contribution is 2.23. The molecule has 1 fully saturated rings. The van der Waals surface area contributed by atoms with Gasteiger partial charge in [0.05, 0.1) is 18.2 Å². The van der Waals surface area contributed by atoms with Crippen LogP contribution in [0.2, 0.25) is 0 Å². The number of aromatic nitrogens is 2. The molecular formula is C25H27FN4O2. The van der Waals surface area contributed by atoms with Crippen molar-refractivity contribution in [3.63, 3.8) is 0 Å². The van der Waals surface area contributed by atoms with Gasteiger partial charge in [0.15, 0.2) is 5.82 Å². The minimum absolute atomic E-state index is 0.0399. The predicted octanol–water partition coefficient (Wildman–Crippen LogP) is 4.00. The Bertz CT molecular complexity index is 1020. The van der Waals surface area contributed by atoms with Gasteiger partial charge >= 0.3 is 0 Å². The molecule has 0 spiro atoms. The monoisotopic (exact) mass is 434 g/mol. The van der Waals surface area contributed by atoms with Crippen LogP contribution >= 0.6 is 0 Å². The van der Waals surface area contributed by atoms with Crippen LogP contribution in [0.3, 0.4) is 0 Å². The molecule has 0 aliphatic carbocycles. The van der Waals surface area contributed by atoms with E-state index in [9.17, 15) is 9.18 Å². The molecule has 4 rings (SSSR count). The Balaban J connectivity index is 1.27. The molecule has 0 bridgehead atoms. The first-order valence-electron chi connectivity index (χ1n) is 10.9. The van der Waals surface area contributed by atoms with Crippen LogP contribution in [-0.2, 0) is 4.79 Å². The van der Waals surface area contributed by atoms with Crippen LogP contribution in [0.5, 0.6) is 5.75 Å². The smallest absolute Gasteiger partial charge is 0.225 e. The summed E-state index contributed by atoms with van der Waals surface area (Å²) in [5.41, 5.74) is 2.69. The molecular weight excluding hydrogens is 407 g/mol. The van der Waals surface area contributed by atoms with Gasteiger partial charge in [0.2, 0.25) is 5.91 Å². The fourth-order valence-corrected chi connectivity index (χ4v) is 3.79. The molecule has 32 heavy (non-hydrogen) atoms. The zero-order valence-corrected chi connectivity index (χ0v) is 18.1. The molecule has 1 aliphatic heterocycles. The first kappa shape index (κ1) is 21.7. The molecule has 0 saturated carbocycles. The van der Waals surface area contributed by atoms with Crippen molar-refractivity contribution in [3.05, 3.63) is 72.0 Å². The quantitative estimate of drug-likeness (QED) is 0.570. The number of hydrogen-bond acceptors (Lipinski definition) is 5. The van der Waals surface area contributed by atoms with E-state index < -0.39 is 0 Å². The summed E-state index contributed by atoms with van der Waals surface area (Å²) in [5, 5.41) is 11.6. The van der Waals surface area contributed by atoms with Crippen molar-refractivity contribution in [1.29, 1.82) is 0 Å². The Morgan fingerprint density at radius 2 is 1.88 bits per heavy atom. The second-order valence-corrected chi connectivity index (χ2v) is 8.02. The third kappa shape index (κ3) is 5.60. The van der Waals surface area contributed by atoms with Crippen LogP contribution in [0.15, 0.2) is 60.7 Å². The summed E-state index contributed by atoms with van der Waals surface area (Å²) in [6.07, 6.45) is 1.77. The second-order valence-electron chi connectivity index (χ2n) is 8.02. The van der Waals surface area contributed by atoms with E-state index in [4.69, 9.17) is 4.74 Å². The number of hydrogen-bond donors (Lipinski definition) is 1. The lowest BCUT2D eigenvalue weighted by Gasteiger charge is -2.32. The number of rotatable bonds is 7. The van der Waals surface area contributed by atoms with Gasteiger partial charge in [-0.2, -0.15) is 0 Å². The summed E-state index contributed by atoms with van der Waals surface area (Å²) < 4.78 is 18.8. The van der Waals surface area contributed by atoms with Crippen molar-refractivity contribution in [2.45, 2.75) is 19.8 Å². The van der Waals surface area contributed by atoms with Crippen LogP contribution in [0.4, 0.5) is 10.2 Å². The third-order valence-electron chi connectivity index (χ3n) is 5.60. The molecule has 166 valence electrons. The minimum atomic E-state index is -0.280. The van der Waals surface area contributed by atoms with E-state index in [1.54, 1.807) is 12.1 Å². The molecule has 1 saturated heterocycles. The maximum Gasteiger partial charge on any atom is 0.225 e. The van der Waals surface area contributed by atoms with Crippen LogP contribution in [0.1, 0.15) is 18.4 Å². The molecule has 1 amide bonds. The van der Waals surface area contributed by atoms with Gasteiger partial charge in [-0.15, -0.1) is 10.2 Å². The first-order chi connectivity index (χ1) is 15.6. The lowest BCUT2D eigenvalue weighted by atomic mass is 9.97. The summed E-state index contributed by atoms with van der Waals surface area (Å²) in [5.74, 6) is 1.21. The Hall–Kier alpha value is -3.48. The number of halogens is 1. The topological polar surface area (TPSA) is 67.3 Å². The Morgan fingerprint density at radius 3 is 2.59 bits per heavy atom. The SMILES string of the molecule is Cc1ccc(OCCNC(=O)C2CCCN(c3ccc(-c4ccc(F)cc4)nn3)C2)cc1. The van der Waals surface area contributed by atoms with E-state index in [-0.39, 0.29) is 17.6 Å². The normalized spacial score (nSPS) is 15.9. The van der Waals surface area contributed by atoms with Crippen LogP contribution < -0.4 is 15.0 Å². The van der Waals surface area contributed by atoms with Gasteiger partial charge in [-0.1, -0.05) is 17.7 Å². The zero-order chi connectivity index (χ0) is 22.3. The van der Waals surface area contributed by atoms with E-state index in [0.29, 0.717) is 25.4 Å². The number of aryl methyl sites for hydroxylation is 1. The summed E-state index contributed by atoms with van der Waals surface area (Å²) >= 11 is 0. The number of benzene rings is 2. The molecule has 1 aliphatic rings. The molecule has 1 N–H and O–H groups in total. The predicted molar refractivity (Wildman–Crippen MR) is 122 cm³/mol. The fraction of sp³-hybridized carbons (Fsp3) is 0.320. The molecule has 0 radical (unpaired) electrons. The molecule has 1 aromatic heterocycles. The third-order valence-corrected chi connectivity index (χ3v) is 5.60. The Kier molecular flexibility index (Phi) is 6.94. The van der Waals surface area contributed by atoms with Crippen molar-refractivity contribution in [2.75, 3.05) is 31.1 Å². The van der Waals surface area contributed by atoms with Crippen LogP contribution in [0, 0.1) is 18.7 Å². The summed E-state index contributed by atoms with van der Waals surface area (Å²) in [6, 6.07) is 17.8. The average Bonchev–Trinajstić information content (AvgIpc) is 2.83. The van der Waals surface area contributed by atoms with Gasteiger partial charge in [0.25, 0.3) is 0 Å². The molecule has 6 nitrogen and oxygen atoms in total. The first-order valence-corrected chi connectivity index (χ1v) is 10.9. The molecule has 7 heteroatoms. The molecule has 2 heterocycles. The zero-order valence-electron chi connectivity index (χ0n) is 18.1. The van der Waals surface area contributed by atoms with Crippen molar-refractivity contribution in [1.82, 2.24) is 15.5 Å². The van der Waals surface area contributed by atoms with Crippen LogP contribution in [-0.4, -0.2) is 42.3 Å². The Labute approximate surface area is 187 Å². The maximum absolute atomic E-state index is 13.1. The second kappa shape index (κ2) is 10.2. The van der Waals surface area contributed by atoms with Crippen molar-refractivity contribution >= 4 is 11.7 Å². The number of nitrogens with one attached hydrogen (secondary N) is 1. The largest absolute Gasteiger partial charge is 0.492 e. The number of anilines is 1. The Morgan fingerprint density at radius 1 is 1.09 bits per heavy atom. The van der Waals surface area contributed by atoms with Gasteiger partial charge in [-0.3, -0.25) is 4.79 Å². The number of piperidine rings is 1. The van der Waals surface area contributed by atoms with Gasteiger partial charge in [0, 0.05) is 18.7 Å². The van der Waals surface area contributed by atoms with Gasteiger partial charge in [-0.25, -0.2) is 4.39 Å². The van der Waals surface area contributed by atoms with E-state index in [2.05, 4.69) is 20.4 Å². The van der Waals surface area contributed by atoms with Crippen molar-refractivity contribution in [2.24, 2.45) is 5.92 Å². The maximum atomic E-state index is 13.1. The summed E-state index contributed by atoms with van der Waals surface area (Å²) in [4.78, 5) is 14.7. The van der Waals surface area contributed by atoms with E-state index >= 15 is 0 Å². The fourth-order valence-electron chi connectivity index (χ4n) is 3.79. The van der Waals surface area contributed by atoms with Crippen molar-refractivity contribution < 1.29 is 13.9 Å². The van der Waals surface area contributed by atoms with Crippen LogP contribution in [0.25, 0.3) is 11.3 Å². The standard InChI is InChI=1S/C25H27FN4O2/c1-18-4-10-22(11-5-18)32-16-14-27-25(31)20-3-2-15-30(17-20)24-13-12-23(28-29-24)19-6-8-21(26)9-7-19/h4-13,20H,2-3,14-17H2,1H3,(H,27,31). The highest BCUT2D eigenvalue weighted by Gasteiger charge is 2.26. The molecule has 3 aromatic rings. The lowest BCUT2D eigenvalue weighted by Crippen LogP contribution is -2.44. The average molecular weight is 435 g/mol. The highest BCUT2D eigenvalue weighted by molar-refractivity contribution is 5.79. The van der Waals surface area contributed by atoms with Gasteiger partial charge < -0.3 is 15.0 Å². The number of nitrogens with zero attached hydrogens (tertiary/aromatic N) is 3. The van der Waals surface area contributed by atoms with E-state index in [1.807, 2.05) is 43.3 Å².